The molecule has 3 fully saturated rings. The summed E-state index contributed by atoms with van der Waals surface area (Å²) in [5.41, 5.74) is 0.918. The van der Waals surface area contributed by atoms with Gasteiger partial charge >= 0.3 is 0 Å². The number of hydrogen-bond donors (Lipinski definition) is 1. The first kappa shape index (κ1) is 13.9. The molecule has 2 bridgehead atoms. The summed E-state index contributed by atoms with van der Waals surface area (Å²) in [4.78, 5) is 0. The van der Waals surface area contributed by atoms with E-state index >= 15 is 0 Å². The maximum Gasteiger partial charge on any atom is 0.0640 e. The molecule has 0 radical (unpaired) electrons. The minimum atomic E-state index is 0.430. The molecule has 2 nitrogen and oxygen atoms in total. The van der Waals surface area contributed by atoms with Gasteiger partial charge in [-0.1, -0.05) is 27.7 Å². The Bertz CT molecular complexity index is 334. The van der Waals surface area contributed by atoms with Crippen molar-refractivity contribution in [1.82, 2.24) is 5.32 Å². The third-order valence-electron chi connectivity index (χ3n) is 6.85. The maximum atomic E-state index is 6.49. The summed E-state index contributed by atoms with van der Waals surface area (Å²) in [6.45, 7) is 10.8. The minimum Gasteiger partial charge on any atom is -0.374 e. The van der Waals surface area contributed by atoms with Crippen LogP contribution in [-0.4, -0.2) is 24.8 Å². The molecule has 3 rings (SSSR count). The van der Waals surface area contributed by atoms with Gasteiger partial charge in [0.05, 0.1) is 12.2 Å². The van der Waals surface area contributed by atoms with Gasteiger partial charge in [-0.15, -0.1) is 0 Å². The molecule has 0 spiro atoms. The molecule has 3 atom stereocenters. The van der Waals surface area contributed by atoms with Gasteiger partial charge in [-0.2, -0.15) is 0 Å². The van der Waals surface area contributed by atoms with Gasteiger partial charge in [0.2, 0.25) is 0 Å². The molecule has 3 aliphatic rings. The summed E-state index contributed by atoms with van der Waals surface area (Å²) >= 11 is 0. The Kier molecular flexibility index (Phi) is 3.46. The van der Waals surface area contributed by atoms with Crippen LogP contribution in [0.1, 0.15) is 66.2 Å². The molecular weight excluding hydrogens is 234 g/mol. The van der Waals surface area contributed by atoms with Crippen LogP contribution in [0.2, 0.25) is 0 Å². The smallest absolute Gasteiger partial charge is 0.0640 e. The van der Waals surface area contributed by atoms with Crippen LogP contribution in [0, 0.1) is 16.7 Å². The van der Waals surface area contributed by atoms with Gasteiger partial charge in [0, 0.05) is 6.04 Å². The third kappa shape index (κ3) is 2.06. The Hall–Kier alpha value is -0.0800. The van der Waals surface area contributed by atoms with Gasteiger partial charge in [0.25, 0.3) is 0 Å². The van der Waals surface area contributed by atoms with Gasteiger partial charge in [-0.25, -0.2) is 0 Å². The van der Waals surface area contributed by atoms with Crippen LogP contribution >= 0.6 is 0 Å². The summed E-state index contributed by atoms with van der Waals surface area (Å²) in [5, 5.41) is 3.60. The second kappa shape index (κ2) is 4.73. The van der Waals surface area contributed by atoms with Gasteiger partial charge in [-0.05, 0) is 61.8 Å². The van der Waals surface area contributed by atoms with E-state index in [1.807, 2.05) is 0 Å². The van der Waals surface area contributed by atoms with E-state index in [1.165, 1.54) is 38.5 Å². The van der Waals surface area contributed by atoms with Crippen LogP contribution < -0.4 is 5.32 Å². The first-order valence-corrected chi connectivity index (χ1v) is 8.36. The normalized spacial score (nSPS) is 47.4. The Balaban J connectivity index is 1.51. The molecule has 2 heteroatoms. The fourth-order valence-corrected chi connectivity index (χ4v) is 4.76. The minimum absolute atomic E-state index is 0.430. The second-order valence-corrected chi connectivity index (χ2v) is 7.98. The van der Waals surface area contributed by atoms with E-state index in [-0.39, 0.29) is 0 Å². The number of nitrogens with one attached hydrogen (secondary N) is 1. The van der Waals surface area contributed by atoms with Crippen molar-refractivity contribution in [3.63, 3.8) is 0 Å². The average Bonchev–Trinajstić information content (AvgIpc) is 2.64. The molecule has 0 aliphatic heterocycles. The van der Waals surface area contributed by atoms with Crippen LogP contribution in [-0.2, 0) is 4.74 Å². The molecule has 3 saturated carbocycles. The van der Waals surface area contributed by atoms with Crippen molar-refractivity contribution in [2.24, 2.45) is 16.7 Å². The van der Waals surface area contributed by atoms with Crippen LogP contribution in [0.5, 0.6) is 0 Å². The molecule has 19 heavy (non-hydrogen) atoms. The Morgan fingerprint density at radius 3 is 2.42 bits per heavy atom. The largest absolute Gasteiger partial charge is 0.374 e. The van der Waals surface area contributed by atoms with E-state index in [0.29, 0.717) is 23.0 Å². The quantitative estimate of drug-likeness (QED) is 0.817. The van der Waals surface area contributed by atoms with E-state index in [4.69, 9.17) is 4.74 Å². The van der Waals surface area contributed by atoms with Crippen LogP contribution in [0.4, 0.5) is 0 Å². The highest BCUT2D eigenvalue weighted by Crippen LogP contribution is 2.66. The van der Waals surface area contributed by atoms with Crippen molar-refractivity contribution in [1.29, 1.82) is 0 Å². The topological polar surface area (TPSA) is 21.3 Å². The highest BCUT2D eigenvalue weighted by atomic mass is 16.5. The van der Waals surface area contributed by atoms with Crippen molar-refractivity contribution < 1.29 is 4.74 Å². The zero-order valence-corrected chi connectivity index (χ0v) is 13.2. The summed E-state index contributed by atoms with van der Waals surface area (Å²) in [5.74, 6) is 0.900. The fraction of sp³-hybridized carbons (Fsp3) is 1.00. The molecule has 0 aromatic rings. The zero-order chi connectivity index (χ0) is 13.7. The molecule has 3 aliphatic carbocycles. The molecule has 3 unspecified atom stereocenters. The van der Waals surface area contributed by atoms with Crippen molar-refractivity contribution in [2.45, 2.75) is 84.5 Å². The Morgan fingerprint density at radius 2 is 1.89 bits per heavy atom. The lowest BCUT2D eigenvalue weighted by molar-refractivity contribution is -0.118. The van der Waals surface area contributed by atoms with Gasteiger partial charge < -0.3 is 10.1 Å². The van der Waals surface area contributed by atoms with Crippen molar-refractivity contribution in [3.05, 3.63) is 0 Å². The average molecular weight is 265 g/mol. The lowest BCUT2D eigenvalue weighted by Crippen LogP contribution is -2.49. The van der Waals surface area contributed by atoms with Crippen LogP contribution in [0.25, 0.3) is 0 Å². The number of hydrogen-bond acceptors (Lipinski definition) is 2. The first-order chi connectivity index (χ1) is 8.97. The van der Waals surface area contributed by atoms with E-state index in [2.05, 4.69) is 33.0 Å². The van der Waals surface area contributed by atoms with E-state index in [0.717, 1.165) is 18.5 Å². The highest BCUT2D eigenvalue weighted by Gasteiger charge is 2.62. The standard InChI is InChI=1S/C17H31NO/c1-5-8-18-13-10-14(11-13)19-15-9-12-6-7-17(15,4)16(12,2)3/h12-15,18H,5-11H2,1-4H3. The monoisotopic (exact) mass is 265 g/mol. The van der Waals surface area contributed by atoms with Crippen LogP contribution in [0.3, 0.4) is 0 Å². The Labute approximate surface area is 118 Å². The Morgan fingerprint density at radius 1 is 1.16 bits per heavy atom. The summed E-state index contributed by atoms with van der Waals surface area (Å²) in [6, 6.07) is 0.726. The summed E-state index contributed by atoms with van der Waals surface area (Å²) < 4.78 is 6.49. The molecule has 0 heterocycles. The predicted molar refractivity (Wildman–Crippen MR) is 79.2 cm³/mol. The lowest BCUT2D eigenvalue weighted by Gasteiger charge is -2.44. The molecule has 0 aromatic heterocycles. The molecule has 1 N–H and O–H groups in total. The van der Waals surface area contributed by atoms with Gasteiger partial charge in [0.15, 0.2) is 0 Å². The van der Waals surface area contributed by atoms with Crippen molar-refractivity contribution in [2.75, 3.05) is 6.54 Å². The molecule has 0 saturated heterocycles. The highest BCUT2D eigenvalue weighted by molar-refractivity contribution is 5.11. The second-order valence-electron chi connectivity index (χ2n) is 7.98. The number of rotatable bonds is 5. The first-order valence-electron chi connectivity index (χ1n) is 8.36. The number of fused-ring (bicyclic) bond motifs is 2. The van der Waals surface area contributed by atoms with Gasteiger partial charge in [-0.3, -0.25) is 0 Å². The maximum absolute atomic E-state index is 6.49. The van der Waals surface area contributed by atoms with Crippen molar-refractivity contribution >= 4 is 0 Å². The predicted octanol–water partition coefficient (Wildman–Crippen LogP) is 3.75. The molecular formula is C17H31NO. The molecule has 0 amide bonds. The summed E-state index contributed by atoms with van der Waals surface area (Å²) in [7, 11) is 0. The van der Waals surface area contributed by atoms with Gasteiger partial charge in [0.1, 0.15) is 0 Å². The molecule has 0 aromatic carbocycles. The van der Waals surface area contributed by atoms with E-state index in [1.54, 1.807) is 0 Å². The SMILES string of the molecule is CCCNC1CC(OC2CC3CCC2(C)C3(C)C)C1. The number of ether oxygens (including phenoxy) is 1. The zero-order valence-electron chi connectivity index (χ0n) is 13.2. The fourth-order valence-electron chi connectivity index (χ4n) is 4.76. The lowest BCUT2D eigenvalue weighted by atomic mass is 9.70. The third-order valence-corrected chi connectivity index (χ3v) is 6.85. The van der Waals surface area contributed by atoms with Crippen molar-refractivity contribution in [3.8, 4) is 0 Å². The van der Waals surface area contributed by atoms with E-state index < -0.39 is 0 Å². The van der Waals surface area contributed by atoms with E-state index in [9.17, 15) is 0 Å². The molecule has 110 valence electrons. The van der Waals surface area contributed by atoms with Crippen LogP contribution in [0.15, 0.2) is 0 Å². The summed E-state index contributed by atoms with van der Waals surface area (Å²) in [6.07, 6.45) is 8.87.